The Balaban J connectivity index is 3.11. The van der Waals surface area contributed by atoms with Crippen molar-refractivity contribution in [2.24, 2.45) is 0 Å². The third-order valence-corrected chi connectivity index (χ3v) is 1.24. The van der Waals surface area contributed by atoms with Crippen LogP contribution in [0.3, 0.4) is 0 Å². The van der Waals surface area contributed by atoms with Gasteiger partial charge in [-0.2, -0.15) is 0 Å². The summed E-state index contributed by atoms with van der Waals surface area (Å²) in [6.45, 7) is 4.22. The summed E-state index contributed by atoms with van der Waals surface area (Å²) in [6, 6.07) is 0.0966. The smallest absolute Gasteiger partial charge is 0.131 e. The van der Waals surface area contributed by atoms with Gasteiger partial charge >= 0.3 is 0 Å². The van der Waals surface area contributed by atoms with Gasteiger partial charge in [0.05, 0.1) is 6.61 Å². The number of nitrogens with one attached hydrogen (secondary N) is 1. The summed E-state index contributed by atoms with van der Waals surface area (Å²) in [7, 11) is 0. The van der Waals surface area contributed by atoms with Gasteiger partial charge in [0.15, 0.2) is 0 Å². The molecule has 0 unspecified atom stereocenters. The monoisotopic (exact) mass is 145 g/mol. The standard InChI is InChI=1S/C7H15NO2/c1-6(5-9)8-4-3-7(2)10/h6,8-9H,3-5H2,1-2H3/t6-/m0/s1. The van der Waals surface area contributed by atoms with Crippen LogP contribution < -0.4 is 5.32 Å². The van der Waals surface area contributed by atoms with Crippen molar-refractivity contribution in [1.82, 2.24) is 5.32 Å². The van der Waals surface area contributed by atoms with E-state index < -0.39 is 0 Å². The van der Waals surface area contributed by atoms with E-state index in [0.717, 1.165) is 0 Å². The number of Topliss-reactive ketones (excluding diaryl/α,β-unsaturated/α-hetero) is 1. The minimum atomic E-state index is 0.0966. The number of hydrogen-bond acceptors (Lipinski definition) is 3. The van der Waals surface area contributed by atoms with Gasteiger partial charge in [-0.1, -0.05) is 0 Å². The molecule has 1 atom stereocenters. The van der Waals surface area contributed by atoms with Crippen molar-refractivity contribution in [3.63, 3.8) is 0 Å². The predicted molar refractivity (Wildman–Crippen MR) is 39.8 cm³/mol. The number of aliphatic hydroxyl groups is 1. The minimum absolute atomic E-state index is 0.0966. The fourth-order valence-electron chi connectivity index (χ4n) is 0.559. The van der Waals surface area contributed by atoms with Crippen LogP contribution in [0.15, 0.2) is 0 Å². The predicted octanol–water partition coefficient (Wildman–Crippen LogP) is -0.0641. The Bertz CT molecular complexity index is 104. The maximum atomic E-state index is 10.4. The van der Waals surface area contributed by atoms with Gasteiger partial charge in [-0.25, -0.2) is 0 Å². The second kappa shape index (κ2) is 5.38. The fraction of sp³-hybridized carbons (Fsp3) is 0.857. The SMILES string of the molecule is CC(=O)CCN[C@@H](C)CO. The van der Waals surface area contributed by atoms with E-state index in [4.69, 9.17) is 5.11 Å². The quantitative estimate of drug-likeness (QED) is 0.569. The molecule has 0 aliphatic carbocycles. The van der Waals surface area contributed by atoms with Crippen LogP contribution in [-0.2, 0) is 4.79 Å². The van der Waals surface area contributed by atoms with Crippen molar-refractivity contribution in [1.29, 1.82) is 0 Å². The summed E-state index contributed by atoms with van der Waals surface area (Å²) in [6.07, 6.45) is 0.546. The van der Waals surface area contributed by atoms with Crippen LogP contribution in [0.2, 0.25) is 0 Å². The number of hydrogen-bond donors (Lipinski definition) is 2. The molecule has 0 aromatic carbocycles. The highest BCUT2D eigenvalue weighted by Crippen LogP contribution is 1.81. The van der Waals surface area contributed by atoms with Gasteiger partial charge in [-0.15, -0.1) is 0 Å². The van der Waals surface area contributed by atoms with Gasteiger partial charge < -0.3 is 10.4 Å². The molecular weight excluding hydrogens is 130 g/mol. The number of carbonyl (C=O) groups is 1. The first kappa shape index (κ1) is 9.59. The maximum absolute atomic E-state index is 10.4. The van der Waals surface area contributed by atoms with E-state index in [2.05, 4.69) is 5.32 Å². The van der Waals surface area contributed by atoms with E-state index in [1.165, 1.54) is 0 Å². The highest BCUT2D eigenvalue weighted by molar-refractivity contribution is 5.75. The Hall–Kier alpha value is -0.410. The Morgan fingerprint density at radius 1 is 1.70 bits per heavy atom. The molecule has 0 aliphatic heterocycles. The number of aliphatic hydroxyl groups excluding tert-OH is 1. The summed E-state index contributed by atoms with van der Waals surface area (Å²) in [5.74, 6) is 0.178. The van der Waals surface area contributed by atoms with Gasteiger partial charge in [-0.3, -0.25) is 4.79 Å². The largest absolute Gasteiger partial charge is 0.395 e. The van der Waals surface area contributed by atoms with Crippen LogP contribution in [0.25, 0.3) is 0 Å². The molecule has 10 heavy (non-hydrogen) atoms. The van der Waals surface area contributed by atoms with Crippen LogP contribution in [0.1, 0.15) is 20.3 Å². The lowest BCUT2D eigenvalue weighted by atomic mass is 10.3. The van der Waals surface area contributed by atoms with Crippen LogP contribution in [0.5, 0.6) is 0 Å². The van der Waals surface area contributed by atoms with Crippen molar-refractivity contribution in [3.8, 4) is 0 Å². The molecule has 3 nitrogen and oxygen atoms in total. The Labute approximate surface area is 61.4 Å². The first-order valence-electron chi connectivity index (χ1n) is 3.50. The molecule has 0 heterocycles. The average molecular weight is 145 g/mol. The molecule has 0 aromatic heterocycles. The molecule has 0 aliphatic rings. The van der Waals surface area contributed by atoms with E-state index in [9.17, 15) is 4.79 Å². The van der Waals surface area contributed by atoms with Crippen molar-refractivity contribution >= 4 is 5.78 Å². The molecule has 0 saturated heterocycles. The average Bonchev–Trinajstić information content (AvgIpc) is 1.87. The summed E-state index contributed by atoms with van der Waals surface area (Å²) >= 11 is 0. The Morgan fingerprint density at radius 3 is 2.70 bits per heavy atom. The molecule has 3 heteroatoms. The number of ketones is 1. The summed E-state index contributed by atoms with van der Waals surface area (Å²) in [4.78, 5) is 10.4. The zero-order valence-corrected chi connectivity index (χ0v) is 6.55. The Kier molecular flexibility index (Phi) is 5.16. The zero-order chi connectivity index (χ0) is 7.98. The lowest BCUT2D eigenvalue weighted by Gasteiger charge is -2.08. The van der Waals surface area contributed by atoms with Gasteiger partial charge in [0.1, 0.15) is 5.78 Å². The van der Waals surface area contributed by atoms with E-state index in [1.54, 1.807) is 6.92 Å². The molecule has 0 bridgehead atoms. The Morgan fingerprint density at radius 2 is 2.30 bits per heavy atom. The van der Waals surface area contributed by atoms with Gasteiger partial charge in [0.2, 0.25) is 0 Å². The highest BCUT2D eigenvalue weighted by atomic mass is 16.3. The highest BCUT2D eigenvalue weighted by Gasteiger charge is 1.97. The van der Waals surface area contributed by atoms with Crippen molar-refractivity contribution in [2.75, 3.05) is 13.2 Å². The number of rotatable bonds is 5. The van der Waals surface area contributed by atoms with Gasteiger partial charge in [-0.05, 0) is 13.8 Å². The number of carbonyl (C=O) groups excluding carboxylic acids is 1. The molecule has 0 amide bonds. The van der Waals surface area contributed by atoms with Crippen LogP contribution in [0.4, 0.5) is 0 Å². The van der Waals surface area contributed by atoms with Crippen molar-refractivity contribution in [2.45, 2.75) is 26.3 Å². The molecular formula is C7H15NO2. The summed E-state index contributed by atoms with van der Waals surface area (Å²) < 4.78 is 0. The third kappa shape index (κ3) is 5.72. The van der Waals surface area contributed by atoms with E-state index in [1.807, 2.05) is 6.92 Å². The lowest BCUT2D eigenvalue weighted by molar-refractivity contribution is -0.116. The summed E-state index contributed by atoms with van der Waals surface area (Å²) in [5, 5.41) is 11.5. The molecule has 60 valence electrons. The topological polar surface area (TPSA) is 49.3 Å². The normalized spacial score (nSPS) is 13.1. The second-order valence-electron chi connectivity index (χ2n) is 2.49. The molecule has 0 spiro atoms. The molecule has 0 radical (unpaired) electrons. The minimum Gasteiger partial charge on any atom is -0.395 e. The van der Waals surface area contributed by atoms with Crippen molar-refractivity contribution in [3.05, 3.63) is 0 Å². The maximum Gasteiger partial charge on any atom is 0.131 e. The third-order valence-electron chi connectivity index (χ3n) is 1.24. The van der Waals surface area contributed by atoms with E-state index >= 15 is 0 Å². The summed E-state index contributed by atoms with van der Waals surface area (Å²) in [5.41, 5.74) is 0. The van der Waals surface area contributed by atoms with E-state index in [-0.39, 0.29) is 18.4 Å². The molecule has 2 N–H and O–H groups in total. The lowest BCUT2D eigenvalue weighted by Crippen LogP contribution is -2.30. The van der Waals surface area contributed by atoms with Crippen LogP contribution in [-0.4, -0.2) is 30.1 Å². The zero-order valence-electron chi connectivity index (χ0n) is 6.55. The molecule has 0 rings (SSSR count). The second-order valence-corrected chi connectivity index (χ2v) is 2.49. The molecule has 0 saturated carbocycles. The first-order chi connectivity index (χ1) is 4.66. The van der Waals surface area contributed by atoms with E-state index in [0.29, 0.717) is 13.0 Å². The van der Waals surface area contributed by atoms with Gasteiger partial charge in [0.25, 0.3) is 0 Å². The van der Waals surface area contributed by atoms with Crippen molar-refractivity contribution < 1.29 is 9.90 Å². The van der Waals surface area contributed by atoms with Crippen LogP contribution >= 0.6 is 0 Å². The molecule has 0 fully saturated rings. The van der Waals surface area contributed by atoms with Crippen LogP contribution in [0, 0.1) is 0 Å². The fourth-order valence-corrected chi connectivity index (χ4v) is 0.559. The van der Waals surface area contributed by atoms with Gasteiger partial charge in [0, 0.05) is 19.0 Å². The first-order valence-corrected chi connectivity index (χ1v) is 3.50. The molecule has 0 aromatic rings.